The first-order valence-electron chi connectivity index (χ1n) is 4.24. The summed E-state index contributed by atoms with van der Waals surface area (Å²) in [4.78, 5) is 10.8. The number of aliphatic hydroxyl groups is 3. The molecule has 0 aromatic carbocycles. The average Bonchev–Trinajstić information content (AvgIpc) is 2.10. The minimum absolute atomic E-state index is 0.104. The van der Waals surface area contributed by atoms with Crippen molar-refractivity contribution in [2.45, 2.75) is 18.4 Å². The zero-order valence-corrected chi connectivity index (χ0v) is 7.60. The van der Waals surface area contributed by atoms with Gasteiger partial charge in [-0.3, -0.25) is 4.79 Å². The highest BCUT2D eigenvalue weighted by Gasteiger charge is 2.29. The van der Waals surface area contributed by atoms with Crippen molar-refractivity contribution in [3.63, 3.8) is 0 Å². The second kappa shape index (κ2) is 3.81. The van der Waals surface area contributed by atoms with E-state index in [1.165, 1.54) is 12.2 Å². The van der Waals surface area contributed by atoms with Crippen LogP contribution in [0.25, 0.3) is 0 Å². The minimum atomic E-state index is -1.29. The zero-order chi connectivity index (χ0) is 10.8. The van der Waals surface area contributed by atoms with E-state index in [9.17, 15) is 15.0 Å². The Morgan fingerprint density at radius 2 is 2.29 bits per heavy atom. The van der Waals surface area contributed by atoms with Crippen LogP contribution in [0, 0.1) is 0 Å². The van der Waals surface area contributed by atoms with Gasteiger partial charge in [-0.1, -0.05) is 0 Å². The lowest BCUT2D eigenvalue weighted by atomic mass is 9.88. The monoisotopic (exact) mass is 199 g/mol. The van der Waals surface area contributed by atoms with Gasteiger partial charge < -0.3 is 21.1 Å². The van der Waals surface area contributed by atoms with Gasteiger partial charge in [0.25, 0.3) is 5.91 Å². The molecule has 1 unspecified atom stereocenters. The van der Waals surface area contributed by atoms with Gasteiger partial charge in [-0.15, -0.1) is 0 Å². The van der Waals surface area contributed by atoms with Gasteiger partial charge in [-0.2, -0.15) is 0 Å². The van der Waals surface area contributed by atoms with E-state index in [0.29, 0.717) is 0 Å². The average molecular weight is 199 g/mol. The van der Waals surface area contributed by atoms with Crippen molar-refractivity contribution >= 4 is 5.91 Å². The Hall–Kier alpha value is -1.33. The number of aliphatic hydroxyl groups excluding tert-OH is 2. The quantitative estimate of drug-likeness (QED) is 0.485. The molecule has 1 aliphatic carbocycles. The first-order chi connectivity index (χ1) is 6.48. The van der Waals surface area contributed by atoms with Crippen LogP contribution in [0.5, 0.6) is 0 Å². The van der Waals surface area contributed by atoms with Crippen LogP contribution in [-0.4, -0.2) is 33.4 Å². The van der Waals surface area contributed by atoms with E-state index in [-0.39, 0.29) is 30.8 Å². The summed E-state index contributed by atoms with van der Waals surface area (Å²) in [6.45, 7) is -0.201. The van der Waals surface area contributed by atoms with E-state index < -0.39 is 11.5 Å². The van der Waals surface area contributed by atoms with Gasteiger partial charge in [0, 0.05) is 19.4 Å². The molecule has 0 aliphatic heterocycles. The molecule has 1 atom stereocenters. The Labute approximate surface area is 81.2 Å². The van der Waals surface area contributed by atoms with Crippen LogP contribution in [0.2, 0.25) is 0 Å². The number of amides is 1. The van der Waals surface area contributed by atoms with Crippen LogP contribution in [0.15, 0.2) is 23.5 Å². The highest BCUT2D eigenvalue weighted by molar-refractivity contribution is 5.96. The van der Waals surface area contributed by atoms with Gasteiger partial charge in [0.05, 0.1) is 11.2 Å². The number of nitrogens with two attached hydrogens (primary N) is 1. The number of primary amides is 1. The number of carbonyl (C=O) groups is 1. The molecule has 5 nitrogen and oxygen atoms in total. The maximum absolute atomic E-state index is 10.8. The fourth-order valence-corrected chi connectivity index (χ4v) is 1.35. The van der Waals surface area contributed by atoms with Crippen LogP contribution < -0.4 is 5.73 Å². The van der Waals surface area contributed by atoms with Crippen LogP contribution in [0.4, 0.5) is 0 Å². The highest BCUT2D eigenvalue weighted by atomic mass is 16.3. The molecule has 0 aromatic heterocycles. The van der Waals surface area contributed by atoms with Gasteiger partial charge in [0.15, 0.2) is 0 Å². The summed E-state index contributed by atoms with van der Waals surface area (Å²) in [5.74, 6) is -1.02. The smallest absolute Gasteiger partial charge is 0.252 e. The van der Waals surface area contributed by atoms with E-state index in [0.717, 1.165) is 0 Å². The zero-order valence-electron chi connectivity index (χ0n) is 7.60. The summed E-state index contributed by atoms with van der Waals surface area (Å²) in [5.41, 5.74) is 3.60. The third-order valence-corrected chi connectivity index (χ3v) is 2.15. The molecule has 0 saturated heterocycles. The maximum atomic E-state index is 10.8. The fourth-order valence-electron chi connectivity index (χ4n) is 1.35. The SMILES string of the molecule is NC(=O)C1=CC(O)(CCO)CC=C1O. The van der Waals surface area contributed by atoms with Crippen LogP contribution in [-0.2, 0) is 4.79 Å². The van der Waals surface area contributed by atoms with E-state index in [1.54, 1.807) is 0 Å². The summed E-state index contributed by atoms with van der Waals surface area (Å²) in [7, 11) is 0. The molecule has 0 fully saturated rings. The largest absolute Gasteiger partial charge is 0.507 e. The van der Waals surface area contributed by atoms with Crippen LogP contribution >= 0.6 is 0 Å². The number of hydrogen-bond donors (Lipinski definition) is 4. The lowest BCUT2D eigenvalue weighted by molar-refractivity contribution is -0.114. The summed E-state index contributed by atoms with van der Waals surface area (Å²) in [5, 5.41) is 27.8. The Morgan fingerprint density at radius 1 is 1.64 bits per heavy atom. The molecule has 0 aromatic rings. The third kappa shape index (κ3) is 2.12. The Morgan fingerprint density at radius 3 is 2.79 bits per heavy atom. The Kier molecular flexibility index (Phi) is 2.93. The standard InChI is InChI=1S/C9H13NO4/c10-8(13)6-5-9(14,3-4-11)2-1-7(6)12/h1,5,11-12,14H,2-4H2,(H2,10,13). The second-order valence-electron chi connectivity index (χ2n) is 3.29. The molecule has 1 aliphatic rings. The molecular formula is C9H13NO4. The molecule has 14 heavy (non-hydrogen) atoms. The van der Waals surface area contributed by atoms with Crippen LogP contribution in [0.3, 0.4) is 0 Å². The molecule has 78 valence electrons. The number of rotatable bonds is 3. The first kappa shape index (κ1) is 10.7. The summed E-state index contributed by atoms with van der Waals surface area (Å²) >= 11 is 0. The van der Waals surface area contributed by atoms with Crippen molar-refractivity contribution in [2.24, 2.45) is 5.73 Å². The fraction of sp³-hybridized carbons (Fsp3) is 0.444. The van der Waals surface area contributed by atoms with Crippen molar-refractivity contribution in [2.75, 3.05) is 6.61 Å². The molecule has 0 spiro atoms. The van der Waals surface area contributed by atoms with Crippen molar-refractivity contribution in [1.29, 1.82) is 0 Å². The van der Waals surface area contributed by atoms with Crippen molar-refractivity contribution in [3.05, 3.63) is 23.5 Å². The highest BCUT2D eigenvalue weighted by Crippen LogP contribution is 2.27. The van der Waals surface area contributed by atoms with Crippen LogP contribution in [0.1, 0.15) is 12.8 Å². The Balaban J connectivity index is 2.95. The second-order valence-corrected chi connectivity index (χ2v) is 3.29. The third-order valence-electron chi connectivity index (χ3n) is 2.15. The van der Waals surface area contributed by atoms with E-state index in [2.05, 4.69) is 0 Å². The molecule has 0 bridgehead atoms. The molecule has 1 amide bonds. The van der Waals surface area contributed by atoms with Gasteiger partial charge in [-0.05, 0) is 12.2 Å². The molecule has 5 heteroatoms. The topological polar surface area (TPSA) is 104 Å². The summed E-state index contributed by atoms with van der Waals surface area (Å²) in [6, 6.07) is 0. The van der Waals surface area contributed by atoms with Crippen molar-refractivity contribution < 1.29 is 20.1 Å². The predicted molar refractivity (Wildman–Crippen MR) is 49.3 cm³/mol. The summed E-state index contributed by atoms with van der Waals surface area (Å²) < 4.78 is 0. The lowest BCUT2D eigenvalue weighted by Gasteiger charge is -2.26. The molecule has 0 radical (unpaired) electrons. The van der Waals surface area contributed by atoms with Gasteiger partial charge in [0.1, 0.15) is 5.76 Å². The minimum Gasteiger partial charge on any atom is -0.507 e. The van der Waals surface area contributed by atoms with E-state index in [4.69, 9.17) is 10.8 Å². The maximum Gasteiger partial charge on any atom is 0.252 e. The molecular weight excluding hydrogens is 186 g/mol. The number of hydrogen-bond acceptors (Lipinski definition) is 4. The van der Waals surface area contributed by atoms with E-state index >= 15 is 0 Å². The van der Waals surface area contributed by atoms with Crippen molar-refractivity contribution in [1.82, 2.24) is 0 Å². The molecule has 1 rings (SSSR count). The Bertz CT molecular complexity index is 308. The molecule has 0 saturated carbocycles. The van der Waals surface area contributed by atoms with Crippen molar-refractivity contribution in [3.8, 4) is 0 Å². The summed E-state index contributed by atoms with van der Waals surface area (Å²) in [6.07, 6.45) is 2.78. The van der Waals surface area contributed by atoms with Gasteiger partial charge >= 0.3 is 0 Å². The van der Waals surface area contributed by atoms with Gasteiger partial charge in [-0.25, -0.2) is 0 Å². The predicted octanol–water partition coefficient (Wildman–Crippen LogP) is -0.643. The lowest BCUT2D eigenvalue weighted by Crippen LogP contribution is -2.32. The number of carbonyl (C=O) groups excluding carboxylic acids is 1. The molecule has 5 N–H and O–H groups in total. The normalized spacial score (nSPS) is 26.7. The molecule has 0 heterocycles. The van der Waals surface area contributed by atoms with Gasteiger partial charge in [0.2, 0.25) is 0 Å². The van der Waals surface area contributed by atoms with E-state index in [1.807, 2.05) is 0 Å². The first-order valence-corrected chi connectivity index (χ1v) is 4.24.